The molecule has 0 spiro atoms. The van der Waals surface area contributed by atoms with Crippen LogP contribution in [-0.4, -0.2) is 9.13 Å². The molecule has 0 amide bonds. The van der Waals surface area contributed by atoms with E-state index in [1.54, 1.807) is 0 Å². The number of aryl methyl sites for hydroxylation is 4. The van der Waals surface area contributed by atoms with Crippen LogP contribution in [0.4, 0.5) is 0 Å². The lowest BCUT2D eigenvalue weighted by Crippen LogP contribution is -2.02. The SMILES string of the molecule is c1ccc(-n2cc3c(c2)CCc2cn(-c4ccccc4)cc2CC3)cc1. The molecule has 0 radical (unpaired) electrons. The zero-order valence-corrected chi connectivity index (χ0v) is 14.8. The maximum Gasteiger partial charge on any atom is 0.0449 e. The first kappa shape index (κ1) is 15.3. The molecule has 2 heteroatoms. The number of para-hydroxylation sites is 2. The van der Waals surface area contributed by atoms with Gasteiger partial charge in [0.05, 0.1) is 0 Å². The molecule has 0 bridgehead atoms. The number of nitrogens with zero attached hydrogens (tertiary/aromatic N) is 2. The highest BCUT2D eigenvalue weighted by molar-refractivity contribution is 5.41. The van der Waals surface area contributed by atoms with Crippen LogP contribution in [0.15, 0.2) is 85.5 Å². The summed E-state index contributed by atoms with van der Waals surface area (Å²) in [6.07, 6.45) is 13.7. The minimum atomic E-state index is 1.11. The van der Waals surface area contributed by atoms with E-state index in [-0.39, 0.29) is 0 Å². The molecule has 0 saturated carbocycles. The predicted octanol–water partition coefficient (Wildman–Crippen LogP) is 5.15. The molecule has 2 aromatic carbocycles. The molecular weight excluding hydrogens is 316 g/mol. The van der Waals surface area contributed by atoms with E-state index in [2.05, 4.69) is 94.6 Å². The molecule has 2 nitrogen and oxygen atoms in total. The van der Waals surface area contributed by atoms with E-state index < -0.39 is 0 Å². The van der Waals surface area contributed by atoms with Gasteiger partial charge in [-0.05, 0) is 72.2 Å². The summed E-state index contributed by atoms with van der Waals surface area (Å²) in [7, 11) is 0. The summed E-state index contributed by atoms with van der Waals surface area (Å²) in [5.74, 6) is 0. The van der Waals surface area contributed by atoms with Gasteiger partial charge in [0.1, 0.15) is 0 Å². The minimum absolute atomic E-state index is 1.11. The van der Waals surface area contributed by atoms with E-state index in [0.29, 0.717) is 0 Å². The summed E-state index contributed by atoms with van der Waals surface area (Å²) in [6.45, 7) is 0. The van der Waals surface area contributed by atoms with Crippen molar-refractivity contribution in [3.8, 4) is 11.4 Å². The van der Waals surface area contributed by atoms with Crippen molar-refractivity contribution in [2.75, 3.05) is 0 Å². The second kappa shape index (κ2) is 6.38. The summed E-state index contributed by atoms with van der Waals surface area (Å²) >= 11 is 0. The Kier molecular flexibility index (Phi) is 3.75. The first-order chi connectivity index (χ1) is 12.9. The van der Waals surface area contributed by atoms with Gasteiger partial charge < -0.3 is 9.13 Å². The first-order valence-corrected chi connectivity index (χ1v) is 9.37. The maximum atomic E-state index is 2.32. The predicted molar refractivity (Wildman–Crippen MR) is 106 cm³/mol. The molecule has 26 heavy (non-hydrogen) atoms. The second-order valence-corrected chi connectivity index (χ2v) is 7.10. The molecule has 1 aliphatic rings. The molecule has 2 aromatic heterocycles. The van der Waals surface area contributed by atoms with Gasteiger partial charge in [0.2, 0.25) is 0 Å². The minimum Gasteiger partial charge on any atom is -0.323 e. The maximum absolute atomic E-state index is 2.32. The molecular formula is C24H22N2. The molecule has 1 aliphatic carbocycles. The molecule has 2 heterocycles. The zero-order valence-electron chi connectivity index (χ0n) is 14.8. The van der Waals surface area contributed by atoms with Crippen LogP contribution in [0.3, 0.4) is 0 Å². The molecule has 0 atom stereocenters. The Morgan fingerprint density at radius 3 is 1.04 bits per heavy atom. The van der Waals surface area contributed by atoms with Crippen LogP contribution in [0.1, 0.15) is 22.3 Å². The summed E-state index contributed by atoms with van der Waals surface area (Å²) in [5, 5.41) is 0. The third kappa shape index (κ3) is 2.78. The van der Waals surface area contributed by atoms with E-state index >= 15 is 0 Å². The van der Waals surface area contributed by atoms with Crippen molar-refractivity contribution in [2.24, 2.45) is 0 Å². The average Bonchev–Trinajstić information content (AvgIpc) is 3.28. The van der Waals surface area contributed by atoms with Crippen LogP contribution in [0.2, 0.25) is 0 Å². The molecule has 128 valence electrons. The second-order valence-electron chi connectivity index (χ2n) is 7.10. The van der Waals surface area contributed by atoms with Gasteiger partial charge in [-0.25, -0.2) is 0 Å². The number of hydrogen-bond donors (Lipinski definition) is 0. The van der Waals surface area contributed by atoms with E-state index in [1.165, 1.54) is 33.6 Å². The number of benzene rings is 2. The highest BCUT2D eigenvalue weighted by atomic mass is 15.0. The average molecular weight is 338 g/mol. The van der Waals surface area contributed by atoms with Gasteiger partial charge >= 0.3 is 0 Å². The van der Waals surface area contributed by atoms with Gasteiger partial charge in [-0.1, -0.05) is 36.4 Å². The van der Waals surface area contributed by atoms with Crippen LogP contribution >= 0.6 is 0 Å². The smallest absolute Gasteiger partial charge is 0.0449 e. The van der Waals surface area contributed by atoms with E-state index in [9.17, 15) is 0 Å². The Bertz CT molecular complexity index is 894. The van der Waals surface area contributed by atoms with Gasteiger partial charge in [-0.15, -0.1) is 0 Å². The van der Waals surface area contributed by atoms with Crippen LogP contribution in [0.25, 0.3) is 11.4 Å². The fourth-order valence-corrected chi connectivity index (χ4v) is 4.02. The van der Waals surface area contributed by atoms with Gasteiger partial charge in [0, 0.05) is 36.2 Å². The van der Waals surface area contributed by atoms with Crippen molar-refractivity contribution in [1.29, 1.82) is 0 Å². The Balaban J connectivity index is 1.44. The highest BCUT2D eigenvalue weighted by Gasteiger charge is 2.16. The lowest BCUT2D eigenvalue weighted by molar-refractivity contribution is 0.853. The third-order valence-corrected chi connectivity index (χ3v) is 5.44. The fraction of sp³-hybridized carbons (Fsp3) is 0.167. The molecule has 0 fully saturated rings. The molecule has 0 N–H and O–H groups in total. The van der Waals surface area contributed by atoms with Crippen LogP contribution in [0, 0.1) is 0 Å². The first-order valence-electron chi connectivity index (χ1n) is 9.37. The standard InChI is InChI=1S/C24H22N2/c1-3-7-23(8-4-1)25-15-19-11-13-21-17-26(24-9-5-2-6-10-24)18-22(21)14-12-20(19)16-25/h1-10,15-18H,11-14H2. The number of hydrogen-bond acceptors (Lipinski definition) is 0. The fourth-order valence-electron chi connectivity index (χ4n) is 4.02. The summed E-state index contributed by atoms with van der Waals surface area (Å²) in [5.41, 5.74) is 8.46. The molecule has 4 aromatic rings. The molecule has 5 rings (SSSR count). The third-order valence-electron chi connectivity index (χ3n) is 5.44. The normalized spacial score (nSPS) is 13.5. The van der Waals surface area contributed by atoms with Crippen molar-refractivity contribution in [1.82, 2.24) is 9.13 Å². The van der Waals surface area contributed by atoms with Crippen LogP contribution < -0.4 is 0 Å². The molecule has 0 unspecified atom stereocenters. The summed E-state index contributed by atoms with van der Waals surface area (Å²) in [4.78, 5) is 0. The van der Waals surface area contributed by atoms with Crippen molar-refractivity contribution < 1.29 is 0 Å². The van der Waals surface area contributed by atoms with Crippen molar-refractivity contribution in [3.63, 3.8) is 0 Å². The lowest BCUT2D eigenvalue weighted by Gasteiger charge is -2.09. The van der Waals surface area contributed by atoms with Gasteiger partial charge in [0.25, 0.3) is 0 Å². The number of fused-ring (bicyclic) bond motifs is 2. The van der Waals surface area contributed by atoms with Gasteiger partial charge in [0.15, 0.2) is 0 Å². The monoisotopic (exact) mass is 338 g/mol. The zero-order chi connectivity index (χ0) is 17.3. The molecule has 0 saturated heterocycles. The van der Waals surface area contributed by atoms with Crippen molar-refractivity contribution >= 4 is 0 Å². The largest absolute Gasteiger partial charge is 0.323 e. The van der Waals surface area contributed by atoms with Crippen LogP contribution in [0.5, 0.6) is 0 Å². The van der Waals surface area contributed by atoms with Crippen LogP contribution in [-0.2, 0) is 25.7 Å². The van der Waals surface area contributed by atoms with Crippen molar-refractivity contribution in [2.45, 2.75) is 25.7 Å². The molecule has 0 aliphatic heterocycles. The summed E-state index contributed by atoms with van der Waals surface area (Å²) in [6, 6.07) is 21.2. The van der Waals surface area contributed by atoms with Crippen molar-refractivity contribution in [3.05, 3.63) is 108 Å². The quantitative estimate of drug-likeness (QED) is 0.478. The topological polar surface area (TPSA) is 9.86 Å². The Hall–Kier alpha value is -3.00. The van der Waals surface area contributed by atoms with E-state index in [0.717, 1.165) is 25.7 Å². The van der Waals surface area contributed by atoms with Gasteiger partial charge in [-0.2, -0.15) is 0 Å². The Labute approximate surface area is 154 Å². The number of rotatable bonds is 2. The van der Waals surface area contributed by atoms with E-state index in [1.807, 2.05) is 0 Å². The van der Waals surface area contributed by atoms with E-state index in [4.69, 9.17) is 0 Å². The Morgan fingerprint density at radius 1 is 0.423 bits per heavy atom. The number of aromatic nitrogens is 2. The summed E-state index contributed by atoms with van der Waals surface area (Å²) < 4.78 is 4.57. The highest BCUT2D eigenvalue weighted by Crippen LogP contribution is 2.26. The Morgan fingerprint density at radius 2 is 0.731 bits per heavy atom. The lowest BCUT2D eigenvalue weighted by atomic mass is 9.94. The van der Waals surface area contributed by atoms with Gasteiger partial charge in [-0.3, -0.25) is 0 Å².